The van der Waals surface area contributed by atoms with Crippen molar-refractivity contribution in [2.75, 3.05) is 31.3 Å². The SMILES string of the molecule is COc1cc2cnn(C(=O)c3ccn[nH]3)c(=O)c2c(N2CCC(CCP(O)O)CC2)n1. The van der Waals surface area contributed by atoms with E-state index in [1.54, 1.807) is 6.07 Å². The number of anilines is 1. The van der Waals surface area contributed by atoms with Gasteiger partial charge in [0.1, 0.15) is 11.5 Å². The number of H-pyrrole nitrogens is 1. The van der Waals surface area contributed by atoms with Crippen LogP contribution in [0.5, 0.6) is 5.88 Å². The Balaban J connectivity index is 1.70. The summed E-state index contributed by atoms with van der Waals surface area (Å²) >= 11 is 0. The summed E-state index contributed by atoms with van der Waals surface area (Å²) in [6, 6.07) is 3.10. The number of rotatable bonds is 6. The Morgan fingerprint density at radius 3 is 2.77 bits per heavy atom. The first-order valence-electron chi connectivity index (χ1n) is 9.89. The van der Waals surface area contributed by atoms with Gasteiger partial charge in [-0.15, -0.1) is 0 Å². The number of pyridine rings is 1. The van der Waals surface area contributed by atoms with Crippen LogP contribution in [0.15, 0.2) is 29.3 Å². The van der Waals surface area contributed by atoms with Gasteiger partial charge in [0.15, 0.2) is 8.38 Å². The molecule has 0 radical (unpaired) electrons. The van der Waals surface area contributed by atoms with E-state index in [0.717, 1.165) is 23.9 Å². The lowest BCUT2D eigenvalue weighted by Gasteiger charge is -2.33. The minimum atomic E-state index is -1.87. The van der Waals surface area contributed by atoms with E-state index < -0.39 is 19.8 Å². The molecule has 0 bridgehead atoms. The van der Waals surface area contributed by atoms with E-state index in [9.17, 15) is 9.59 Å². The lowest BCUT2D eigenvalue weighted by Crippen LogP contribution is -2.36. The van der Waals surface area contributed by atoms with Crippen molar-refractivity contribution in [3.63, 3.8) is 0 Å². The topological polar surface area (TPSA) is 146 Å². The average Bonchev–Trinajstić information content (AvgIpc) is 3.32. The van der Waals surface area contributed by atoms with Gasteiger partial charge in [0, 0.05) is 36.9 Å². The van der Waals surface area contributed by atoms with Crippen molar-refractivity contribution >= 4 is 30.9 Å². The highest BCUT2D eigenvalue weighted by Crippen LogP contribution is 2.33. The Labute approximate surface area is 178 Å². The average molecular weight is 446 g/mol. The molecule has 1 saturated heterocycles. The van der Waals surface area contributed by atoms with Crippen molar-refractivity contribution in [2.24, 2.45) is 5.92 Å². The van der Waals surface area contributed by atoms with E-state index in [-0.39, 0.29) is 5.69 Å². The standard InChI is InChI=1S/C19H23N6O5P/c1-30-15-10-13-11-21-25(18(26)14-2-6-20-23-14)19(27)16(13)17(22-15)24-7-3-12(4-8-24)5-9-31(28)29/h2,6,10-12,28-29H,3-5,7-9H2,1H3,(H,20,23). The van der Waals surface area contributed by atoms with E-state index >= 15 is 0 Å². The molecule has 3 aromatic rings. The smallest absolute Gasteiger partial charge is 0.299 e. The third kappa shape index (κ3) is 4.43. The highest BCUT2D eigenvalue weighted by atomic mass is 31.2. The van der Waals surface area contributed by atoms with Gasteiger partial charge in [-0.2, -0.15) is 19.9 Å². The first-order chi connectivity index (χ1) is 15.0. The van der Waals surface area contributed by atoms with E-state index in [1.165, 1.54) is 25.6 Å². The minimum Gasteiger partial charge on any atom is -0.481 e. The fourth-order valence-electron chi connectivity index (χ4n) is 3.82. The molecule has 3 N–H and O–H groups in total. The maximum absolute atomic E-state index is 13.3. The molecule has 11 nitrogen and oxygen atoms in total. The van der Waals surface area contributed by atoms with Crippen LogP contribution in [0.4, 0.5) is 5.82 Å². The minimum absolute atomic E-state index is 0.158. The zero-order chi connectivity index (χ0) is 22.0. The molecule has 0 aromatic carbocycles. The van der Waals surface area contributed by atoms with Gasteiger partial charge in [-0.3, -0.25) is 14.7 Å². The Hall–Kier alpha value is -2.88. The second-order valence-corrected chi connectivity index (χ2v) is 8.60. The van der Waals surface area contributed by atoms with Crippen molar-refractivity contribution in [3.05, 3.63) is 40.6 Å². The van der Waals surface area contributed by atoms with E-state index in [0.29, 0.717) is 47.6 Å². The predicted octanol–water partition coefficient (Wildman–Crippen LogP) is 1.11. The van der Waals surface area contributed by atoms with Gasteiger partial charge in [-0.1, -0.05) is 0 Å². The lowest BCUT2D eigenvalue weighted by molar-refractivity contribution is 0.0934. The Morgan fingerprint density at radius 1 is 1.35 bits per heavy atom. The zero-order valence-corrected chi connectivity index (χ0v) is 17.8. The molecule has 31 heavy (non-hydrogen) atoms. The third-order valence-corrected chi connectivity index (χ3v) is 6.17. The second kappa shape index (κ2) is 9.09. The number of hydrogen-bond acceptors (Lipinski definition) is 9. The second-order valence-electron chi connectivity index (χ2n) is 7.40. The molecule has 1 fully saturated rings. The summed E-state index contributed by atoms with van der Waals surface area (Å²) < 4.78 is 6.12. The van der Waals surface area contributed by atoms with Gasteiger partial charge in [0.05, 0.1) is 18.7 Å². The van der Waals surface area contributed by atoms with Crippen LogP contribution in [0.25, 0.3) is 10.8 Å². The molecule has 0 spiro atoms. The molecule has 1 aliphatic heterocycles. The van der Waals surface area contributed by atoms with Gasteiger partial charge < -0.3 is 19.4 Å². The van der Waals surface area contributed by atoms with Crippen LogP contribution < -0.4 is 15.2 Å². The molecule has 0 amide bonds. The first-order valence-corrected chi connectivity index (χ1v) is 11.3. The summed E-state index contributed by atoms with van der Waals surface area (Å²) in [6.07, 6.45) is 5.74. The van der Waals surface area contributed by atoms with Crippen LogP contribution in [0.2, 0.25) is 0 Å². The number of methoxy groups -OCH3 is 1. The number of piperidine rings is 1. The molecule has 4 heterocycles. The van der Waals surface area contributed by atoms with Crippen LogP contribution in [0, 0.1) is 5.92 Å². The Morgan fingerprint density at radius 2 is 2.13 bits per heavy atom. The fourth-order valence-corrected chi connectivity index (χ4v) is 4.42. The number of aromatic nitrogens is 5. The number of fused-ring (bicyclic) bond motifs is 1. The van der Waals surface area contributed by atoms with Gasteiger partial charge in [-0.05, 0) is 31.2 Å². The summed E-state index contributed by atoms with van der Waals surface area (Å²) in [4.78, 5) is 50.8. The van der Waals surface area contributed by atoms with E-state index in [2.05, 4.69) is 20.3 Å². The number of carbonyl (C=O) groups is 1. The predicted molar refractivity (Wildman–Crippen MR) is 114 cm³/mol. The normalized spacial score (nSPS) is 15.0. The number of ether oxygens (including phenoxy) is 1. The van der Waals surface area contributed by atoms with Crippen molar-refractivity contribution < 1.29 is 19.3 Å². The number of nitrogens with one attached hydrogen (secondary N) is 1. The van der Waals surface area contributed by atoms with Crippen molar-refractivity contribution in [3.8, 4) is 5.88 Å². The Bertz CT molecular complexity index is 1120. The summed E-state index contributed by atoms with van der Waals surface area (Å²) in [5.41, 5.74) is -0.402. The Kier molecular flexibility index (Phi) is 6.26. The summed E-state index contributed by atoms with van der Waals surface area (Å²) in [6.45, 7) is 1.32. The van der Waals surface area contributed by atoms with E-state index in [4.69, 9.17) is 14.5 Å². The van der Waals surface area contributed by atoms with Gasteiger partial charge in [-0.25, -0.2) is 0 Å². The maximum atomic E-state index is 13.3. The molecule has 0 atom stereocenters. The molecule has 3 aromatic heterocycles. The molecule has 0 aliphatic carbocycles. The number of carbonyl (C=O) groups excluding carboxylic acids is 1. The van der Waals surface area contributed by atoms with Gasteiger partial charge in [0.2, 0.25) is 5.88 Å². The molecule has 0 unspecified atom stereocenters. The maximum Gasteiger partial charge on any atom is 0.299 e. The van der Waals surface area contributed by atoms with Crippen LogP contribution in [0.1, 0.15) is 29.8 Å². The van der Waals surface area contributed by atoms with E-state index in [1.807, 2.05) is 4.90 Å². The largest absolute Gasteiger partial charge is 0.481 e. The molecular formula is C19H23N6O5P. The molecule has 4 rings (SSSR count). The van der Waals surface area contributed by atoms with Crippen LogP contribution >= 0.6 is 8.38 Å². The third-order valence-electron chi connectivity index (χ3n) is 5.51. The molecule has 0 saturated carbocycles. The van der Waals surface area contributed by atoms with Crippen LogP contribution in [-0.2, 0) is 0 Å². The molecule has 12 heteroatoms. The molecular weight excluding hydrogens is 423 g/mol. The molecule has 164 valence electrons. The van der Waals surface area contributed by atoms with Gasteiger partial charge >= 0.3 is 0 Å². The summed E-state index contributed by atoms with van der Waals surface area (Å²) in [5.74, 6) is 0.597. The summed E-state index contributed by atoms with van der Waals surface area (Å²) in [7, 11) is -0.370. The molecule has 1 aliphatic rings. The van der Waals surface area contributed by atoms with Gasteiger partial charge in [0.25, 0.3) is 11.5 Å². The quantitative estimate of drug-likeness (QED) is 0.474. The van der Waals surface area contributed by atoms with Crippen LogP contribution in [0.3, 0.4) is 0 Å². The highest BCUT2D eigenvalue weighted by molar-refractivity contribution is 7.45. The number of hydrogen-bond donors (Lipinski definition) is 3. The number of aromatic amines is 1. The lowest BCUT2D eigenvalue weighted by atomic mass is 9.94. The van der Waals surface area contributed by atoms with Crippen molar-refractivity contribution in [1.82, 2.24) is 25.0 Å². The van der Waals surface area contributed by atoms with Crippen molar-refractivity contribution in [2.45, 2.75) is 19.3 Å². The highest BCUT2D eigenvalue weighted by Gasteiger charge is 2.25. The first kappa shape index (κ1) is 21.4. The van der Waals surface area contributed by atoms with Crippen LogP contribution in [-0.4, -0.2) is 67.0 Å². The number of nitrogens with zero attached hydrogens (tertiary/aromatic N) is 5. The fraction of sp³-hybridized carbons (Fsp3) is 0.421. The monoisotopic (exact) mass is 446 g/mol. The summed E-state index contributed by atoms with van der Waals surface area (Å²) in [5, 5.41) is 11.2. The zero-order valence-electron chi connectivity index (χ0n) is 16.9. The van der Waals surface area contributed by atoms with Crippen molar-refractivity contribution in [1.29, 1.82) is 0 Å².